The summed E-state index contributed by atoms with van der Waals surface area (Å²) in [4.78, 5) is 17.3. The molecule has 5 nitrogen and oxygen atoms in total. The van der Waals surface area contributed by atoms with Crippen molar-refractivity contribution in [2.45, 2.75) is 17.2 Å². The molecular formula is C19H16N2O3S2. The number of nitrogens with zero attached hydrogens (tertiary/aromatic N) is 1. The molecule has 1 aliphatic heterocycles. The van der Waals surface area contributed by atoms with Crippen molar-refractivity contribution >= 4 is 32.8 Å². The second-order valence-electron chi connectivity index (χ2n) is 6.10. The number of anilines is 1. The topological polar surface area (TPSA) is 76.1 Å². The second kappa shape index (κ2) is 6.66. The highest BCUT2D eigenvalue weighted by Gasteiger charge is 2.33. The molecule has 4 rings (SSSR count). The normalized spacial score (nSPS) is 18.1. The molecule has 0 fully saturated rings. The van der Waals surface area contributed by atoms with Crippen molar-refractivity contribution < 1.29 is 13.2 Å². The summed E-state index contributed by atoms with van der Waals surface area (Å²) in [6.45, 7) is 0. The molecular weight excluding hydrogens is 368 g/mol. The van der Waals surface area contributed by atoms with Gasteiger partial charge in [-0.2, -0.15) is 0 Å². The summed E-state index contributed by atoms with van der Waals surface area (Å²) >= 11 is 1.56. The van der Waals surface area contributed by atoms with Gasteiger partial charge in [-0.3, -0.25) is 4.79 Å². The number of nitrogens with one attached hydrogen (secondary N) is 1. The third kappa shape index (κ3) is 3.15. The zero-order valence-corrected chi connectivity index (χ0v) is 15.4. The Morgan fingerprint density at radius 3 is 2.62 bits per heavy atom. The molecule has 1 atom stereocenters. The number of carbonyl (C=O) groups is 1. The first kappa shape index (κ1) is 16.9. The van der Waals surface area contributed by atoms with Gasteiger partial charge >= 0.3 is 0 Å². The zero-order chi connectivity index (χ0) is 18.1. The van der Waals surface area contributed by atoms with Crippen molar-refractivity contribution in [1.82, 2.24) is 4.98 Å². The van der Waals surface area contributed by atoms with Crippen molar-refractivity contribution in [2.75, 3.05) is 11.1 Å². The number of carbonyl (C=O) groups excluding carboxylic acids is 1. The summed E-state index contributed by atoms with van der Waals surface area (Å²) in [5, 5.41) is 5.74. The van der Waals surface area contributed by atoms with E-state index in [1.807, 2.05) is 29.6 Å². The lowest BCUT2D eigenvalue weighted by molar-refractivity contribution is -0.117. The highest BCUT2D eigenvalue weighted by molar-refractivity contribution is 7.91. The van der Waals surface area contributed by atoms with E-state index in [1.165, 1.54) is 0 Å². The first-order chi connectivity index (χ1) is 12.5. The summed E-state index contributed by atoms with van der Waals surface area (Å²) in [7, 11) is -3.30. The molecule has 2 aromatic carbocycles. The molecule has 7 heteroatoms. The van der Waals surface area contributed by atoms with Crippen LogP contribution >= 0.6 is 11.3 Å². The molecule has 3 aromatic rings. The summed E-state index contributed by atoms with van der Waals surface area (Å²) in [5.74, 6) is -0.659. The van der Waals surface area contributed by atoms with Crippen LogP contribution in [0.4, 0.5) is 5.69 Å². The van der Waals surface area contributed by atoms with Crippen LogP contribution in [-0.2, 0) is 14.6 Å². The minimum atomic E-state index is -3.30. The molecule has 0 aliphatic carbocycles. The smallest absolute Gasteiger partial charge is 0.231 e. The summed E-state index contributed by atoms with van der Waals surface area (Å²) < 4.78 is 24.4. The number of hydrogen-bond donors (Lipinski definition) is 1. The Balaban J connectivity index is 1.55. The first-order valence-electron chi connectivity index (χ1n) is 8.17. The molecule has 0 spiro atoms. The molecule has 1 aromatic heterocycles. The van der Waals surface area contributed by atoms with Crippen molar-refractivity contribution in [3.8, 4) is 10.6 Å². The number of benzene rings is 2. The molecule has 1 amide bonds. The standard InChI is InChI=1S/C19H16N2O3S2/c22-18(16-9-12-26(23,24)17-4-2-1-3-15(16)17)21-14-7-5-13(6-8-14)19-20-10-11-25-19/h1-8,10-11,16H,9,12H2,(H,21,22). The fraction of sp³-hybridized carbons (Fsp3) is 0.158. The van der Waals surface area contributed by atoms with Gasteiger partial charge in [-0.05, 0) is 42.3 Å². The maximum atomic E-state index is 12.7. The monoisotopic (exact) mass is 384 g/mol. The van der Waals surface area contributed by atoms with E-state index in [-0.39, 0.29) is 16.6 Å². The quantitative estimate of drug-likeness (QED) is 0.747. The van der Waals surface area contributed by atoms with Crippen LogP contribution in [-0.4, -0.2) is 25.1 Å². The zero-order valence-electron chi connectivity index (χ0n) is 13.8. The minimum absolute atomic E-state index is 0.00884. The van der Waals surface area contributed by atoms with E-state index >= 15 is 0 Å². The van der Waals surface area contributed by atoms with Gasteiger partial charge in [0, 0.05) is 22.8 Å². The summed E-state index contributed by atoms with van der Waals surface area (Å²) in [6, 6.07) is 14.2. The third-order valence-electron chi connectivity index (χ3n) is 4.45. The van der Waals surface area contributed by atoms with E-state index in [0.717, 1.165) is 10.6 Å². The molecule has 0 radical (unpaired) electrons. The van der Waals surface area contributed by atoms with Gasteiger partial charge in [-0.1, -0.05) is 18.2 Å². The Hall–Kier alpha value is -2.51. The van der Waals surface area contributed by atoms with Crippen LogP contribution in [0.2, 0.25) is 0 Å². The molecule has 1 N–H and O–H groups in total. The molecule has 1 unspecified atom stereocenters. The fourth-order valence-corrected chi connectivity index (χ4v) is 5.42. The highest BCUT2D eigenvalue weighted by atomic mass is 32.2. The van der Waals surface area contributed by atoms with E-state index in [2.05, 4.69) is 10.3 Å². The number of sulfone groups is 1. The number of thiazole rings is 1. The van der Waals surface area contributed by atoms with Crippen molar-refractivity contribution in [3.63, 3.8) is 0 Å². The van der Waals surface area contributed by atoms with Crippen LogP contribution in [0.15, 0.2) is 65.0 Å². The van der Waals surface area contributed by atoms with Crippen LogP contribution in [0.5, 0.6) is 0 Å². The van der Waals surface area contributed by atoms with Crippen LogP contribution in [0.25, 0.3) is 10.6 Å². The van der Waals surface area contributed by atoms with Crippen molar-refractivity contribution in [2.24, 2.45) is 0 Å². The Morgan fingerprint density at radius 1 is 1.12 bits per heavy atom. The fourth-order valence-electron chi connectivity index (χ4n) is 3.15. The number of fused-ring (bicyclic) bond motifs is 1. The molecule has 0 saturated heterocycles. The molecule has 2 heterocycles. The average Bonchev–Trinajstić information content (AvgIpc) is 3.17. The molecule has 26 heavy (non-hydrogen) atoms. The number of hydrogen-bond acceptors (Lipinski definition) is 5. The average molecular weight is 384 g/mol. The van der Waals surface area contributed by atoms with Gasteiger partial charge in [0.05, 0.1) is 16.6 Å². The Bertz CT molecular complexity index is 1040. The SMILES string of the molecule is O=C(Nc1ccc(-c2nccs2)cc1)C1CCS(=O)(=O)c2ccccc21. The maximum absolute atomic E-state index is 12.7. The Morgan fingerprint density at radius 2 is 1.88 bits per heavy atom. The lowest BCUT2D eigenvalue weighted by Crippen LogP contribution is -2.29. The summed E-state index contributed by atoms with van der Waals surface area (Å²) in [6.07, 6.45) is 2.05. The second-order valence-corrected chi connectivity index (χ2v) is 9.07. The first-order valence-corrected chi connectivity index (χ1v) is 10.7. The van der Waals surface area contributed by atoms with Gasteiger partial charge < -0.3 is 5.32 Å². The molecule has 132 valence electrons. The van der Waals surface area contributed by atoms with E-state index in [1.54, 1.807) is 41.8 Å². The number of rotatable bonds is 3. The van der Waals surface area contributed by atoms with E-state index < -0.39 is 15.8 Å². The van der Waals surface area contributed by atoms with Crippen molar-refractivity contribution in [1.29, 1.82) is 0 Å². The minimum Gasteiger partial charge on any atom is -0.326 e. The molecule has 0 saturated carbocycles. The number of amides is 1. The largest absolute Gasteiger partial charge is 0.326 e. The predicted molar refractivity (Wildman–Crippen MR) is 102 cm³/mol. The van der Waals surface area contributed by atoms with Gasteiger partial charge in [-0.25, -0.2) is 13.4 Å². The van der Waals surface area contributed by atoms with E-state index in [4.69, 9.17) is 0 Å². The van der Waals surface area contributed by atoms with Crippen LogP contribution in [0.1, 0.15) is 17.9 Å². The van der Waals surface area contributed by atoms with Crippen LogP contribution < -0.4 is 5.32 Å². The third-order valence-corrected chi connectivity index (χ3v) is 7.09. The van der Waals surface area contributed by atoms with Gasteiger partial charge in [-0.15, -0.1) is 11.3 Å². The van der Waals surface area contributed by atoms with E-state index in [0.29, 0.717) is 17.7 Å². The van der Waals surface area contributed by atoms with E-state index in [9.17, 15) is 13.2 Å². The summed E-state index contributed by atoms with van der Waals surface area (Å²) in [5.41, 5.74) is 2.25. The van der Waals surface area contributed by atoms with Gasteiger partial charge in [0.15, 0.2) is 9.84 Å². The number of aromatic nitrogens is 1. The van der Waals surface area contributed by atoms with Crippen molar-refractivity contribution in [3.05, 3.63) is 65.7 Å². The Labute approximate surface area is 155 Å². The van der Waals surface area contributed by atoms with Gasteiger partial charge in [0.1, 0.15) is 5.01 Å². The highest BCUT2D eigenvalue weighted by Crippen LogP contribution is 2.34. The predicted octanol–water partition coefficient (Wildman–Crippen LogP) is 3.71. The molecule has 1 aliphatic rings. The lowest BCUT2D eigenvalue weighted by Gasteiger charge is -2.24. The van der Waals surface area contributed by atoms with Gasteiger partial charge in [0.2, 0.25) is 5.91 Å². The van der Waals surface area contributed by atoms with Gasteiger partial charge in [0.25, 0.3) is 0 Å². The molecule has 0 bridgehead atoms. The van der Waals surface area contributed by atoms with Crippen LogP contribution in [0.3, 0.4) is 0 Å². The lowest BCUT2D eigenvalue weighted by atomic mass is 9.95. The maximum Gasteiger partial charge on any atom is 0.231 e. The van der Waals surface area contributed by atoms with Crippen LogP contribution in [0, 0.1) is 0 Å². The Kier molecular flexibility index (Phi) is 4.34.